The highest BCUT2D eigenvalue weighted by Crippen LogP contribution is 2.31. The summed E-state index contributed by atoms with van der Waals surface area (Å²) in [6.45, 7) is 8.92. The van der Waals surface area contributed by atoms with Gasteiger partial charge in [0.05, 0.1) is 21.2 Å². The van der Waals surface area contributed by atoms with E-state index in [9.17, 15) is 0 Å². The van der Waals surface area contributed by atoms with E-state index in [2.05, 4.69) is 49.3 Å². The highest BCUT2D eigenvalue weighted by molar-refractivity contribution is 9.10. The fraction of sp³-hybridized carbons (Fsp3) is 0.357. The molecule has 0 aliphatic rings. The van der Waals surface area contributed by atoms with E-state index in [1.165, 1.54) is 4.88 Å². The zero-order valence-electron chi connectivity index (χ0n) is 12.4. The summed E-state index contributed by atoms with van der Waals surface area (Å²) in [6.07, 6.45) is 0. The summed E-state index contributed by atoms with van der Waals surface area (Å²) in [5.41, 5.74) is 2.00. The van der Waals surface area contributed by atoms with Gasteiger partial charge in [-0.05, 0) is 49.7 Å². The van der Waals surface area contributed by atoms with Gasteiger partial charge >= 0.3 is 0 Å². The number of fused-ring (bicyclic) bond motifs is 1. The first kappa shape index (κ1) is 14.5. The van der Waals surface area contributed by atoms with E-state index in [0.29, 0.717) is 5.95 Å². The fourth-order valence-electron chi connectivity index (χ4n) is 2.26. The average Bonchev–Trinajstić information content (AvgIpc) is 2.93. The molecular weight excluding hydrogens is 350 g/mol. The number of rotatable bonds is 3. The monoisotopic (exact) mass is 365 g/mol. The van der Waals surface area contributed by atoms with Gasteiger partial charge in [0.15, 0.2) is 5.82 Å². The number of nitrogens with one attached hydrogen (secondary N) is 1. The third kappa shape index (κ3) is 2.44. The molecule has 0 radical (unpaired) electrons. The Morgan fingerprint density at radius 1 is 1.29 bits per heavy atom. The largest absolute Gasteiger partial charge is 0.354 e. The molecule has 0 bridgehead atoms. The van der Waals surface area contributed by atoms with Crippen LogP contribution >= 0.6 is 27.3 Å². The fourth-order valence-corrected chi connectivity index (χ4v) is 3.38. The van der Waals surface area contributed by atoms with E-state index in [0.717, 1.165) is 38.4 Å². The van der Waals surface area contributed by atoms with Crippen LogP contribution in [-0.2, 0) is 0 Å². The Balaban J connectivity index is 2.31. The third-order valence-electron chi connectivity index (χ3n) is 3.23. The Bertz CT molecular complexity index is 820. The molecule has 0 spiro atoms. The molecule has 3 aromatic heterocycles. The number of thiophene rings is 1. The van der Waals surface area contributed by atoms with Crippen LogP contribution in [0.1, 0.15) is 23.2 Å². The van der Waals surface area contributed by atoms with Gasteiger partial charge in [-0.1, -0.05) is 0 Å². The molecule has 0 aliphatic heterocycles. The minimum Gasteiger partial charge on any atom is -0.354 e. The molecule has 110 valence electrons. The number of aromatic nitrogens is 4. The van der Waals surface area contributed by atoms with Crippen LogP contribution in [0.4, 0.5) is 5.95 Å². The van der Waals surface area contributed by atoms with Gasteiger partial charge in [0.25, 0.3) is 0 Å². The second-order valence-electron chi connectivity index (χ2n) is 4.87. The maximum Gasteiger partial charge on any atom is 0.226 e. The molecule has 0 aliphatic carbocycles. The molecule has 3 heterocycles. The molecule has 3 rings (SSSR count). The van der Waals surface area contributed by atoms with Crippen molar-refractivity contribution >= 4 is 43.4 Å². The van der Waals surface area contributed by atoms with Gasteiger partial charge in [-0.15, -0.1) is 11.3 Å². The number of hydrogen-bond acceptors (Lipinski definition) is 5. The smallest absolute Gasteiger partial charge is 0.226 e. The topological polar surface area (TPSA) is 55.6 Å². The predicted octanol–water partition coefficient (Wildman–Crippen LogP) is 4.00. The minimum atomic E-state index is 0.644. The summed E-state index contributed by atoms with van der Waals surface area (Å²) in [7, 11) is 0. The number of halogens is 1. The van der Waals surface area contributed by atoms with Crippen LogP contribution in [0.25, 0.3) is 16.0 Å². The summed E-state index contributed by atoms with van der Waals surface area (Å²) in [4.78, 5) is 11.4. The van der Waals surface area contributed by atoms with E-state index in [-0.39, 0.29) is 0 Å². The van der Waals surface area contributed by atoms with Crippen LogP contribution < -0.4 is 5.32 Å². The summed E-state index contributed by atoms with van der Waals surface area (Å²) >= 11 is 5.25. The van der Waals surface area contributed by atoms with Crippen LogP contribution in [-0.4, -0.2) is 26.3 Å². The van der Waals surface area contributed by atoms with Crippen LogP contribution in [0.3, 0.4) is 0 Å². The van der Waals surface area contributed by atoms with Gasteiger partial charge < -0.3 is 5.32 Å². The Hall–Kier alpha value is -1.47. The van der Waals surface area contributed by atoms with Crippen molar-refractivity contribution in [3.8, 4) is 5.82 Å². The van der Waals surface area contributed by atoms with E-state index >= 15 is 0 Å². The van der Waals surface area contributed by atoms with Crippen molar-refractivity contribution in [2.75, 3.05) is 11.9 Å². The first-order valence-corrected chi connectivity index (χ1v) is 8.36. The SMILES string of the molecule is CCNc1nc(-n2nc(C)c(Br)c2C)c2cc(C)sc2n1. The molecule has 0 atom stereocenters. The molecule has 0 saturated carbocycles. The number of aryl methyl sites for hydroxylation is 2. The first-order valence-electron chi connectivity index (χ1n) is 6.75. The van der Waals surface area contributed by atoms with Gasteiger partial charge in [0, 0.05) is 11.4 Å². The zero-order valence-corrected chi connectivity index (χ0v) is 14.8. The van der Waals surface area contributed by atoms with Crippen LogP contribution in [0.5, 0.6) is 0 Å². The first-order chi connectivity index (χ1) is 10.0. The maximum atomic E-state index is 4.65. The summed E-state index contributed by atoms with van der Waals surface area (Å²) in [5.74, 6) is 1.47. The second kappa shape index (κ2) is 5.38. The number of anilines is 1. The van der Waals surface area contributed by atoms with Crippen molar-refractivity contribution in [1.82, 2.24) is 19.7 Å². The molecule has 7 heteroatoms. The lowest BCUT2D eigenvalue weighted by molar-refractivity contribution is 0.810. The maximum absolute atomic E-state index is 4.65. The van der Waals surface area contributed by atoms with Crippen molar-refractivity contribution in [2.24, 2.45) is 0 Å². The van der Waals surface area contributed by atoms with Crippen molar-refractivity contribution in [3.63, 3.8) is 0 Å². The van der Waals surface area contributed by atoms with E-state index in [1.807, 2.05) is 25.5 Å². The lowest BCUT2D eigenvalue weighted by Gasteiger charge is -2.08. The molecule has 1 N–H and O–H groups in total. The van der Waals surface area contributed by atoms with Gasteiger partial charge in [0.1, 0.15) is 4.83 Å². The van der Waals surface area contributed by atoms with E-state index in [4.69, 9.17) is 0 Å². The predicted molar refractivity (Wildman–Crippen MR) is 90.6 cm³/mol. The van der Waals surface area contributed by atoms with Gasteiger partial charge in [-0.25, -0.2) is 9.67 Å². The van der Waals surface area contributed by atoms with Crippen LogP contribution in [0, 0.1) is 20.8 Å². The lowest BCUT2D eigenvalue weighted by atomic mass is 10.3. The highest BCUT2D eigenvalue weighted by atomic mass is 79.9. The molecule has 0 saturated heterocycles. The van der Waals surface area contributed by atoms with Crippen molar-refractivity contribution in [2.45, 2.75) is 27.7 Å². The molecule has 5 nitrogen and oxygen atoms in total. The van der Waals surface area contributed by atoms with Crippen LogP contribution in [0.15, 0.2) is 10.5 Å². The number of nitrogens with zero attached hydrogens (tertiary/aromatic N) is 4. The standard InChI is InChI=1S/C14H16BrN5S/c1-5-16-14-17-12(10-6-7(2)21-13(10)18-14)20-9(4)11(15)8(3)19-20/h6H,5H2,1-4H3,(H,16,17,18). The van der Waals surface area contributed by atoms with Crippen molar-refractivity contribution in [1.29, 1.82) is 0 Å². The quantitative estimate of drug-likeness (QED) is 0.761. The van der Waals surface area contributed by atoms with Crippen molar-refractivity contribution < 1.29 is 0 Å². The third-order valence-corrected chi connectivity index (χ3v) is 5.33. The second-order valence-corrected chi connectivity index (χ2v) is 6.90. The van der Waals surface area contributed by atoms with E-state index in [1.54, 1.807) is 11.3 Å². The minimum absolute atomic E-state index is 0.644. The average molecular weight is 366 g/mol. The molecule has 0 fully saturated rings. The molecule has 0 amide bonds. The normalized spacial score (nSPS) is 11.3. The summed E-state index contributed by atoms with van der Waals surface area (Å²) in [5, 5.41) is 8.83. The Labute approximate surface area is 135 Å². The van der Waals surface area contributed by atoms with Gasteiger partial charge in [-0.3, -0.25) is 0 Å². The van der Waals surface area contributed by atoms with Gasteiger partial charge in [-0.2, -0.15) is 10.1 Å². The van der Waals surface area contributed by atoms with E-state index < -0.39 is 0 Å². The van der Waals surface area contributed by atoms with Crippen LogP contribution in [0.2, 0.25) is 0 Å². The molecule has 21 heavy (non-hydrogen) atoms. The summed E-state index contributed by atoms with van der Waals surface area (Å²) < 4.78 is 2.90. The van der Waals surface area contributed by atoms with Gasteiger partial charge in [0.2, 0.25) is 5.95 Å². The molecule has 3 aromatic rings. The Kier molecular flexibility index (Phi) is 3.71. The molecule has 0 aromatic carbocycles. The summed E-state index contributed by atoms with van der Waals surface area (Å²) in [6, 6.07) is 2.12. The number of hydrogen-bond donors (Lipinski definition) is 1. The molecular formula is C14H16BrN5S. The highest BCUT2D eigenvalue weighted by Gasteiger charge is 2.17. The Morgan fingerprint density at radius 3 is 2.67 bits per heavy atom. The molecule has 0 unspecified atom stereocenters. The lowest BCUT2D eigenvalue weighted by Crippen LogP contribution is -2.08. The van der Waals surface area contributed by atoms with Crippen molar-refractivity contribution in [3.05, 3.63) is 26.8 Å². The Morgan fingerprint density at radius 2 is 2.05 bits per heavy atom. The zero-order chi connectivity index (χ0) is 15.1.